The van der Waals surface area contributed by atoms with Gasteiger partial charge in [-0.25, -0.2) is 38.9 Å². The van der Waals surface area contributed by atoms with Crippen LogP contribution in [0.5, 0.6) is 34.8 Å². The fourth-order valence-corrected chi connectivity index (χ4v) is 7.20. The average molecular weight is 1070 g/mol. The standard InChI is InChI=1S/C25H23F3N6O5.C24H21F3N6O5/c1-13-6-20(25(26,27)28)33-34(13)21-19(14-7-18(23(35)39-5)22(38-4)29-11-14)12-30-24(32-21)31-15-8-16(36-2)10-17(9-15)37-3;1-12-5-19(24(25,26)27)32-33(12)20-18(13-6-17(22(34)35)21(38-4)28-10-13)11-29-23(31-20)30-14-7-15(36-2)9-16(8-14)37-3/h6-12H,1-5H3,(H,30,31,32);5-11H,1-4H3,(H,34,35)(H,29,30,31). The molecule has 3 N–H and O–H groups in total. The summed E-state index contributed by atoms with van der Waals surface area (Å²) in [5, 5.41) is 23.0. The molecule has 8 aromatic rings. The van der Waals surface area contributed by atoms with Crippen molar-refractivity contribution in [2.75, 3.05) is 60.4 Å². The van der Waals surface area contributed by atoms with Gasteiger partial charge in [-0.3, -0.25) is 0 Å². The van der Waals surface area contributed by atoms with Crippen LogP contribution in [0.3, 0.4) is 0 Å². The Hall–Kier alpha value is -9.76. The Kier molecular flexibility index (Phi) is 16.3. The lowest BCUT2D eigenvalue weighted by Crippen LogP contribution is -2.11. The molecule has 0 bridgehead atoms. The molecule has 2 aromatic carbocycles. The maximum absolute atomic E-state index is 13.5. The number of rotatable bonds is 16. The van der Waals surface area contributed by atoms with Crippen molar-refractivity contribution in [3.63, 3.8) is 0 Å². The Morgan fingerprint density at radius 2 is 0.883 bits per heavy atom. The number of hydrogen-bond acceptors (Lipinski definition) is 19. The molecule has 0 atom stereocenters. The number of carboxylic acids is 1. The average Bonchev–Trinajstić information content (AvgIpc) is 4.05. The Bertz CT molecular complexity index is 3440. The zero-order valence-electron chi connectivity index (χ0n) is 41.9. The first kappa shape index (κ1) is 55.0. The van der Waals surface area contributed by atoms with E-state index in [4.69, 9.17) is 33.2 Å². The highest BCUT2D eigenvalue weighted by Gasteiger charge is 2.36. The van der Waals surface area contributed by atoms with E-state index in [0.717, 1.165) is 21.5 Å². The molecule has 28 heteroatoms. The first-order valence-corrected chi connectivity index (χ1v) is 22.0. The van der Waals surface area contributed by atoms with Gasteiger partial charge in [0, 0.05) is 106 Å². The number of carbonyl (C=O) groups excluding carboxylic acids is 1. The highest BCUT2D eigenvalue weighted by Crippen LogP contribution is 2.37. The molecule has 6 aromatic heterocycles. The number of aromatic carboxylic acids is 1. The lowest BCUT2D eigenvalue weighted by atomic mass is 10.1. The third-order valence-electron chi connectivity index (χ3n) is 10.9. The summed E-state index contributed by atoms with van der Waals surface area (Å²) in [7, 11) is 9.75. The van der Waals surface area contributed by atoms with E-state index >= 15 is 0 Å². The molecule has 8 rings (SSSR count). The van der Waals surface area contributed by atoms with Crippen LogP contribution in [-0.4, -0.2) is 116 Å². The number of benzene rings is 2. The fourth-order valence-electron chi connectivity index (χ4n) is 7.20. The third-order valence-corrected chi connectivity index (χ3v) is 10.9. The lowest BCUT2D eigenvalue weighted by molar-refractivity contribution is -0.142. The number of aryl methyl sites for hydroxylation is 2. The predicted molar refractivity (Wildman–Crippen MR) is 261 cm³/mol. The second kappa shape index (κ2) is 22.8. The van der Waals surface area contributed by atoms with Crippen LogP contribution in [0.15, 0.2) is 85.5 Å². The number of alkyl halides is 6. The number of nitrogens with zero attached hydrogens (tertiary/aromatic N) is 10. The molecule has 0 aliphatic rings. The highest BCUT2D eigenvalue weighted by atomic mass is 19.4. The molecule has 0 fully saturated rings. The largest absolute Gasteiger partial charge is 0.497 e. The Balaban J connectivity index is 0.000000224. The number of methoxy groups -OCH3 is 7. The van der Waals surface area contributed by atoms with Crippen molar-refractivity contribution in [3.05, 3.63) is 119 Å². The zero-order valence-corrected chi connectivity index (χ0v) is 41.9. The first-order valence-electron chi connectivity index (χ1n) is 22.0. The van der Waals surface area contributed by atoms with Gasteiger partial charge >= 0.3 is 24.3 Å². The van der Waals surface area contributed by atoms with Crippen molar-refractivity contribution < 1.29 is 74.2 Å². The second-order valence-electron chi connectivity index (χ2n) is 15.8. The first-order chi connectivity index (χ1) is 36.6. The lowest BCUT2D eigenvalue weighted by Gasteiger charge is -2.15. The van der Waals surface area contributed by atoms with E-state index in [-0.39, 0.29) is 74.5 Å². The summed E-state index contributed by atoms with van der Waals surface area (Å²) in [6, 6.07) is 14.4. The van der Waals surface area contributed by atoms with Gasteiger partial charge in [0.05, 0.1) is 49.8 Å². The summed E-state index contributed by atoms with van der Waals surface area (Å²) >= 11 is 0. The minimum absolute atomic E-state index is 0.00172. The number of nitrogens with one attached hydrogen (secondary N) is 2. The number of pyridine rings is 2. The summed E-state index contributed by atoms with van der Waals surface area (Å²) < 4.78 is 119. The van der Waals surface area contributed by atoms with Gasteiger partial charge in [0.2, 0.25) is 23.7 Å². The summed E-state index contributed by atoms with van der Waals surface area (Å²) in [6.45, 7) is 2.89. The van der Waals surface area contributed by atoms with Gasteiger partial charge in [0.15, 0.2) is 23.0 Å². The summed E-state index contributed by atoms with van der Waals surface area (Å²) in [6.07, 6.45) is -4.00. The molecule has 0 saturated heterocycles. The summed E-state index contributed by atoms with van der Waals surface area (Å²) in [5.74, 6) is -0.203. The van der Waals surface area contributed by atoms with Crippen LogP contribution in [0.1, 0.15) is 43.5 Å². The summed E-state index contributed by atoms with van der Waals surface area (Å²) in [4.78, 5) is 49.7. The Morgan fingerprint density at radius 3 is 1.21 bits per heavy atom. The molecular formula is C49H44F6N12O10. The van der Waals surface area contributed by atoms with Gasteiger partial charge in [-0.15, -0.1) is 0 Å². The molecular weight excluding hydrogens is 1030 g/mol. The van der Waals surface area contributed by atoms with Gasteiger partial charge in [0.25, 0.3) is 0 Å². The molecule has 0 radical (unpaired) electrons. The Labute approximate surface area is 432 Å². The van der Waals surface area contributed by atoms with Crippen molar-refractivity contribution in [1.82, 2.24) is 49.5 Å². The second-order valence-corrected chi connectivity index (χ2v) is 15.8. The number of aromatic nitrogens is 10. The number of carbonyl (C=O) groups is 2. The van der Waals surface area contributed by atoms with E-state index in [2.05, 4.69) is 50.7 Å². The molecule has 6 heterocycles. The van der Waals surface area contributed by atoms with Crippen LogP contribution in [0, 0.1) is 13.8 Å². The van der Waals surface area contributed by atoms with Crippen LogP contribution in [0.4, 0.5) is 49.6 Å². The molecule has 0 amide bonds. The van der Waals surface area contributed by atoms with E-state index in [1.54, 1.807) is 36.4 Å². The van der Waals surface area contributed by atoms with Gasteiger partial charge in [-0.1, -0.05) is 0 Å². The number of ether oxygens (including phenoxy) is 7. The Morgan fingerprint density at radius 1 is 0.506 bits per heavy atom. The smallest absolute Gasteiger partial charge is 0.435 e. The number of carboxylic acid groups (broad SMARTS) is 1. The number of esters is 1. The monoisotopic (exact) mass is 1070 g/mol. The molecule has 0 spiro atoms. The minimum atomic E-state index is -4.69. The molecule has 0 aliphatic carbocycles. The van der Waals surface area contributed by atoms with E-state index in [9.17, 15) is 41.0 Å². The number of hydrogen-bond donors (Lipinski definition) is 3. The molecule has 0 saturated carbocycles. The van der Waals surface area contributed by atoms with Crippen LogP contribution in [0.25, 0.3) is 33.9 Å². The summed E-state index contributed by atoms with van der Waals surface area (Å²) in [5.41, 5.74) is -0.259. The van der Waals surface area contributed by atoms with Gasteiger partial charge in [-0.2, -0.15) is 46.5 Å². The normalized spacial score (nSPS) is 11.2. The molecule has 0 aliphatic heterocycles. The van der Waals surface area contributed by atoms with Gasteiger partial charge in [0.1, 0.15) is 34.1 Å². The van der Waals surface area contributed by atoms with E-state index in [1.165, 1.54) is 101 Å². The van der Waals surface area contributed by atoms with Crippen molar-refractivity contribution in [2.24, 2.45) is 0 Å². The molecule has 77 heavy (non-hydrogen) atoms. The van der Waals surface area contributed by atoms with Gasteiger partial charge in [-0.05, 0) is 38.1 Å². The topological polar surface area (TPSA) is 256 Å². The molecule has 402 valence electrons. The third kappa shape index (κ3) is 12.4. The van der Waals surface area contributed by atoms with Gasteiger partial charge < -0.3 is 48.9 Å². The van der Waals surface area contributed by atoms with Crippen LogP contribution in [-0.2, 0) is 17.1 Å². The number of anilines is 4. The highest BCUT2D eigenvalue weighted by molar-refractivity contribution is 5.94. The van der Waals surface area contributed by atoms with Crippen molar-refractivity contribution in [3.8, 4) is 68.6 Å². The van der Waals surface area contributed by atoms with E-state index in [1.807, 2.05) is 0 Å². The maximum atomic E-state index is 13.5. The van der Waals surface area contributed by atoms with Crippen LogP contribution >= 0.6 is 0 Å². The quantitative estimate of drug-likeness (QED) is 0.0602. The minimum Gasteiger partial charge on any atom is -0.497 e. The van der Waals surface area contributed by atoms with Crippen LogP contribution < -0.4 is 39.1 Å². The van der Waals surface area contributed by atoms with Crippen LogP contribution in [0.2, 0.25) is 0 Å². The van der Waals surface area contributed by atoms with Crippen molar-refractivity contribution in [2.45, 2.75) is 26.2 Å². The molecule has 22 nitrogen and oxygen atoms in total. The van der Waals surface area contributed by atoms with Crippen molar-refractivity contribution >= 4 is 35.2 Å². The maximum Gasteiger partial charge on any atom is 0.435 e. The predicted octanol–water partition coefficient (Wildman–Crippen LogP) is 9.13. The zero-order chi connectivity index (χ0) is 55.9. The molecule has 0 unspecified atom stereocenters. The van der Waals surface area contributed by atoms with E-state index in [0.29, 0.717) is 39.9 Å². The van der Waals surface area contributed by atoms with Crippen molar-refractivity contribution in [1.29, 1.82) is 0 Å². The fraction of sp³-hybridized carbons (Fsp3) is 0.224. The number of halogens is 6. The SMILES string of the molecule is COC(=O)c1cc(-c2cnc(Nc3cc(OC)cc(OC)c3)nc2-n2nc(C(F)(F)F)cc2C)cnc1OC.COc1cc(Nc2ncc(-c3cnc(OC)c(C(=O)O)c3)c(-n3nc(C(F)(F)F)cc3C)n2)cc(OC)c1. The van der Waals surface area contributed by atoms with E-state index < -0.39 is 35.7 Å².